The first-order valence-electron chi connectivity index (χ1n) is 8.61. The number of likely N-dealkylation sites (tertiary alicyclic amines) is 1. The SMILES string of the molecule is CN=C(Nc1cccc(F)c1)S[C@H]1CC(=O)N(CCc2ccccc2)C1=O. The Balaban J connectivity index is 1.60. The van der Waals surface area contributed by atoms with Gasteiger partial charge in [0.2, 0.25) is 11.8 Å². The molecule has 140 valence electrons. The van der Waals surface area contributed by atoms with Crippen LogP contribution >= 0.6 is 11.8 Å². The van der Waals surface area contributed by atoms with Crippen LogP contribution in [0.5, 0.6) is 0 Å². The quantitative estimate of drug-likeness (QED) is 0.487. The van der Waals surface area contributed by atoms with Crippen LogP contribution in [-0.4, -0.2) is 40.7 Å². The van der Waals surface area contributed by atoms with Gasteiger partial charge in [0.25, 0.3) is 0 Å². The average molecular weight is 385 g/mol. The van der Waals surface area contributed by atoms with Gasteiger partial charge in [-0.25, -0.2) is 4.39 Å². The Hall–Kier alpha value is -2.67. The van der Waals surface area contributed by atoms with Crippen molar-refractivity contribution in [3.63, 3.8) is 0 Å². The van der Waals surface area contributed by atoms with Gasteiger partial charge in [-0.3, -0.25) is 19.5 Å². The number of rotatable bonds is 5. The number of amides is 2. The number of amidine groups is 1. The Morgan fingerprint density at radius 1 is 1.22 bits per heavy atom. The minimum Gasteiger partial charge on any atom is -0.335 e. The minimum atomic E-state index is -0.520. The predicted molar refractivity (Wildman–Crippen MR) is 106 cm³/mol. The second kappa shape index (κ2) is 8.81. The standard InChI is InChI=1S/C20H20FN3O2S/c1-22-20(23-16-9-5-8-15(21)12-16)27-17-13-18(25)24(19(17)26)11-10-14-6-3-2-4-7-14/h2-9,12,17H,10-11,13H2,1H3,(H,22,23)/t17-/m0/s1. The molecule has 1 aliphatic rings. The van der Waals surface area contributed by atoms with E-state index in [-0.39, 0.29) is 24.1 Å². The number of hydrogen-bond acceptors (Lipinski definition) is 4. The summed E-state index contributed by atoms with van der Waals surface area (Å²) in [6.07, 6.45) is 0.772. The van der Waals surface area contributed by atoms with E-state index in [9.17, 15) is 14.0 Å². The van der Waals surface area contributed by atoms with E-state index in [1.165, 1.54) is 28.8 Å². The summed E-state index contributed by atoms with van der Waals surface area (Å²) < 4.78 is 13.3. The van der Waals surface area contributed by atoms with E-state index in [0.29, 0.717) is 23.8 Å². The number of nitrogens with one attached hydrogen (secondary N) is 1. The zero-order chi connectivity index (χ0) is 19.2. The molecule has 3 rings (SSSR count). The van der Waals surface area contributed by atoms with E-state index in [1.807, 2.05) is 30.3 Å². The summed E-state index contributed by atoms with van der Waals surface area (Å²) >= 11 is 1.19. The third-order valence-corrected chi connectivity index (χ3v) is 5.36. The first-order chi connectivity index (χ1) is 13.1. The van der Waals surface area contributed by atoms with E-state index < -0.39 is 5.25 Å². The van der Waals surface area contributed by atoms with Crippen molar-refractivity contribution in [2.24, 2.45) is 4.99 Å². The summed E-state index contributed by atoms with van der Waals surface area (Å²) in [5.41, 5.74) is 1.62. The maximum atomic E-state index is 13.3. The summed E-state index contributed by atoms with van der Waals surface area (Å²) in [7, 11) is 1.59. The predicted octanol–water partition coefficient (Wildman–Crippen LogP) is 3.33. The number of aliphatic imine (C=N–C) groups is 1. The average Bonchev–Trinajstić information content (AvgIpc) is 2.93. The van der Waals surface area contributed by atoms with Gasteiger partial charge in [-0.05, 0) is 30.2 Å². The third-order valence-electron chi connectivity index (χ3n) is 4.20. The van der Waals surface area contributed by atoms with Gasteiger partial charge in [0, 0.05) is 25.7 Å². The lowest BCUT2D eigenvalue weighted by Gasteiger charge is -2.15. The number of benzene rings is 2. The molecule has 1 aliphatic heterocycles. The van der Waals surface area contributed by atoms with Crippen molar-refractivity contribution < 1.29 is 14.0 Å². The fourth-order valence-electron chi connectivity index (χ4n) is 2.83. The number of halogens is 1. The number of carbonyl (C=O) groups excluding carboxylic acids is 2. The van der Waals surface area contributed by atoms with E-state index in [4.69, 9.17) is 0 Å². The Morgan fingerprint density at radius 2 is 2.00 bits per heavy atom. The third kappa shape index (κ3) is 4.95. The zero-order valence-corrected chi connectivity index (χ0v) is 15.7. The van der Waals surface area contributed by atoms with Crippen molar-refractivity contribution >= 4 is 34.4 Å². The molecule has 0 aliphatic carbocycles. The van der Waals surface area contributed by atoms with Gasteiger partial charge in [0.05, 0.1) is 0 Å². The van der Waals surface area contributed by atoms with Crippen LogP contribution in [0.25, 0.3) is 0 Å². The largest absolute Gasteiger partial charge is 0.335 e. The van der Waals surface area contributed by atoms with Crippen LogP contribution < -0.4 is 5.32 Å². The molecule has 1 heterocycles. The maximum Gasteiger partial charge on any atom is 0.243 e. The molecule has 2 aromatic rings. The van der Waals surface area contributed by atoms with E-state index in [0.717, 1.165) is 5.56 Å². The highest BCUT2D eigenvalue weighted by molar-refractivity contribution is 8.15. The monoisotopic (exact) mass is 385 g/mol. The molecule has 0 saturated carbocycles. The Kier molecular flexibility index (Phi) is 6.24. The van der Waals surface area contributed by atoms with Gasteiger partial charge in [-0.15, -0.1) is 0 Å². The summed E-state index contributed by atoms with van der Waals surface area (Å²) in [4.78, 5) is 30.3. The molecule has 1 fully saturated rings. The topological polar surface area (TPSA) is 61.8 Å². The normalized spacial score (nSPS) is 17.5. The molecule has 0 aromatic heterocycles. The Labute approximate surface area is 161 Å². The molecule has 0 radical (unpaired) electrons. The molecule has 1 atom stereocenters. The smallest absolute Gasteiger partial charge is 0.243 e. The van der Waals surface area contributed by atoms with Crippen LogP contribution in [0.15, 0.2) is 59.6 Å². The molecule has 1 saturated heterocycles. The van der Waals surface area contributed by atoms with Crippen molar-refractivity contribution in [3.05, 3.63) is 66.0 Å². The van der Waals surface area contributed by atoms with E-state index >= 15 is 0 Å². The zero-order valence-electron chi connectivity index (χ0n) is 14.9. The number of hydrogen-bond donors (Lipinski definition) is 1. The molecule has 7 heteroatoms. The summed E-state index contributed by atoms with van der Waals surface area (Å²) in [6.45, 7) is 0.370. The molecule has 0 unspecified atom stereocenters. The second-order valence-corrected chi connectivity index (χ2v) is 7.29. The Bertz CT molecular complexity index is 857. The van der Waals surface area contributed by atoms with Crippen molar-refractivity contribution in [2.45, 2.75) is 18.1 Å². The van der Waals surface area contributed by atoms with Crippen molar-refractivity contribution in [2.75, 3.05) is 18.9 Å². The molecular formula is C20H20FN3O2S. The molecular weight excluding hydrogens is 365 g/mol. The highest BCUT2D eigenvalue weighted by atomic mass is 32.2. The van der Waals surface area contributed by atoms with Crippen LogP contribution in [0.2, 0.25) is 0 Å². The van der Waals surface area contributed by atoms with Crippen LogP contribution in [0.1, 0.15) is 12.0 Å². The minimum absolute atomic E-state index is 0.141. The highest BCUT2D eigenvalue weighted by Crippen LogP contribution is 2.27. The first-order valence-corrected chi connectivity index (χ1v) is 9.49. The fraction of sp³-hybridized carbons (Fsp3) is 0.250. The maximum absolute atomic E-state index is 13.3. The molecule has 2 amide bonds. The Morgan fingerprint density at radius 3 is 2.70 bits per heavy atom. The van der Waals surface area contributed by atoms with Gasteiger partial charge < -0.3 is 5.32 Å². The fourth-order valence-corrected chi connectivity index (χ4v) is 3.83. The van der Waals surface area contributed by atoms with Crippen molar-refractivity contribution in [3.8, 4) is 0 Å². The second-order valence-electron chi connectivity index (χ2n) is 6.09. The van der Waals surface area contributed by atoms with Crippen LogP contribution in [0, 0.1) is 5.82 Å². The van der Waals surface area contributed by atoms with Gasteiger partial charge in [-0.2, -0.15) is 0 Å². The van der Waals surface area contributed by atoms with Gasteiger partial charge >= 0.3 is 0 Å². The first kappa shape index (κ1) is 19.1. The van der Waals surface area contributed by atoms with Crippen LogP contribution in [0.4, 0.5) is 10.1 Å². The van der Waals surface area contributed by atoms with Gasteiger partial charge in [0.15, 0.2) is 5.17 Å². The van der Waals surface area contributed by atoms with Crippen LogP contribution in [0.3, 0.4) is 0 Å². The number of carbonyl (C=O) groups is 2. The van der Waals surface area contributed by atoms with Gasteiger partial charge in [-0.1, -0.05) is 48.2 Å². The van der Waals surface area contributed by atoms with E-state index in [2.05, 4.69) is 10.3 Å². The summed E-state index contributed by atoms with van der Waals surface area (Å²) in [5, 5.41) is 2.94. The van der Waals surface area contributed by atoms with E-state index in [1.54, 1.807) is 19.2 Å². The molecule has 0 spiro atoms. The molecule has 0 bridgehead atoms. The van der Waals surface area contributed by atoms with Crippen molar-refractivity contribution in [1.82, 2.24) is 4.90 Å². The molecule has 1 N–H and O–H groups in total. The number of thioether (sulfide) groups is 1. The number of imide groups is 1. The number of nitrogens with zero attached hydrogens (tertiary/aromatic N) is 2. The lowest BCUT2D eigenvalue weighted by atomic mass is 10.1. The lowest BCUT2D eigenvalue weighted by molar-refractivity contribution is -0.138. The van der Waals surface area contributed by atoms with Gasteiger partial charge in [0.1, 0.15) is 11.1 Å². The lowest BCUT2D eigenvalue weighted by Crippen LogP contribution is -2.33. The van der Waals surface area contributed by atoms with Crippen molar-refractivity contribution in [1.29, 1.82) is 0 Å². The molecule has 5 nitrogen and oxygen atoms in total. The summed E-state index contributed by atoms with van der Waals surface area (Å²) in [5.74, 6) is -0.738. The highest BCUT2D eigenvalue weighted by Gasteiger charge is 2.39. The number of anilines is 1. The molecule has 2 aromatic carbocycles. The van der Waals surface area contributed by atoms with Crippen LogP contribution in [-0.2, 0) is 16.0 Å². The molecule has 27 heavy (non-hydrogen) atoms. The summed E-state index contributed by atoms with van der Waals surface area (Å²) in [6, 6.07) is 15.7.